The third-order valence-corrected chi connectivity index (χ3v) is 1.06. The minimum Gasteiger partial charge on any atom is -0.493 e. The molecule has 0 unspecified atom stereocenters. The Morgan fingerprint density at radius 1 is 1.73 bits per heavy atom. The SMILES string of the molecule is CC(=O)c1nc(O)cc(=O)[nH]1. The van der Waals surface area contributed by atoms with Crippen molar-refractivity contribution in [1.29, 1.82) is 0 Å². The summed E-state index contributed by atoms with van der Waals surface area (Å²) in [6.45, 7) is 1.25. The molecule has 58 valence electrons. The number of aromatic hydroxyl groups is 1. The molecule has 0 aliphatic rings. The van der Waals surface area contributed by atoms with Gasteiger partial charge in [0.05, 0.1) is 6.07 Å². The van der Waals surface area contributed by atoms with E-state index in [-0.39, 0.29) is 5.82 Å². The van der Waals surface area contributed by atoms with Crippen LogP contribution in [0.1, 0.15) is 17.5 Å². The van der Waals surface area contributed by atoms with Crippen LogP contribution < -0.4 is 5.56 Å². The molecule has 0 spiro atoms. The minimum atomic E-state index is -0.539. The molecule has 1 heterocycles. The Morgan fingerprint density at radius 3 is 2.82 bits per heavy atom. The third-order valence-electron chi connectivity index (χ3n) is 1.06. The average molecular weight is 154 g/mol. The Balaban J connectivity index is 3.30. The van der Waals surface area contributed by atoms with Crippen LogP contribution in [0.4, 0.5) is 0 Å². The van der Waals surface area contributed by atoms with Gasteiger partial charge in [-0.1, -0.05) is 0 Å². The van der Waals surface area contributed by atoms with Crippen molar-refractivity contribution in [2.45, 2.75) is 6.92 Å². The van der Waals surface area contributed by atoms with Gasteiger partial charge in [0.1, 0.15) is 0 Å². The van der Waals surface area contributed by atoms with Crippen LogP contribution in [0.2, 0.25) is 0 Å². The van der Waals surface area contributed by atoms with Gasteiger partial charge in [0.2, 0.25) is 5.88 Å². The van der Waals surface area contributed by atoms with Gasteiger partial charge in [0.15, 0.2) is 11.6 Å². The van der Waals surface area contributed by atoms with Crippen LogP contribution in [0.15, 0.2) is 10.9 Å². The number of nitrogens with zero attached hydrogens (tertiary/aromatic N) is 1. The molecule has 0 aliphatic carbocycles. The lowest BCUT2D eigenvalue weighted by molar-refractivity contribution is 0.100. The molecule has 0 aliphatic heterocycles. The highest BCUT2D eigenvalue weighted by Gasteiger charge is 2.03. The van der Waals surface area contributed by atoms with Crippen LogP contribution in [0.25, 0.3) is 0 Å². The molecule has 0 aromatic carbocycles. The van der Waals surface area contributed by atoms with E-state index in [0.29, 0.717) is 0 Å². The van der Waals surface area contributed by atoms with Gasteiger partial charge >= 0.3 is 0 Å². The molecule has 0 atom stereocenters. The molecular weight excluding hydrogens is 148 g/mol. The quantitative estimate of drug-likeness (QED) is 0.543. The summed E-state index contributed by atoms with van der Waals surface area (Å²) in [7, 11) is 0. The molecule has 2 N–H and O–H groups in total. The monoisotopic (exact) mass is 154 g/mol. The predicted molar refractivity (Wildman–Crippen MR) is 36.5 cm³/mol. The van der Waals surface area contributed by atoms with Crippen LogP contribution in [0.3, 0.4) is 0 Å². The molecular formula is C6H6N2O3. The molecule has 0 amide bonds. The van der Waals surface area contributed by atoms with E-state index in [1.807, 2.05) is 0 Å². The Hall–Kier alpha value is -1.65. The predicted octanol–water partition coefficient (Wildman–Crippen LogP) is -0.322. The molecule has 0 saturated heterocycles. The molecule has 0 radical (unpaired) electrons. The number of aromatic nitrogens is 2. The average Bonchev–Trinajstić information content (AvgIpc) is 1.85. The van der Waals surface area contributed by atoms with E-state index in [4.69, 9.17) is 5.11 Å². The summed E-state index contributed by atoms with van der Waals surface area (Å²) in [6, 6.07) is 0.895. The zero-order valence-corrected chi connectivity index (χ0v) is 5.79. The first-order valence-electron chi connectivity index (χ1n) is 2.91. The maximum Gasteiger partial charge on any atom is 0.255 e. The fourth-order valence-corrected chi connectivity index (χ4v) is 0.612. The number of hydrogen-bond acceptors (Lipinski definition) is 4. The van der Waals surface area contributed by atoms with Crippen molar-refractivity contribution in [2.75, 3.05) is 0 Å². The summed E-state index contributed by atoms with van der Waals surface area (Å²) < 4.78 is 0. The van der Waals surface area contributed by atoms with Gasteiger partial charge in [0.25, 0.3) is 5.56 Å². The summed E-state index contributed by atoms with van der Waals surface area (Å²) in [4.78, 5) is 26.8. The van der Waals surface area contributed by atoms with Crippen molar-refractivity contribution in [2.24, 2.45) is 0 Å². The molecule has 1 aromatic heterocycles. The number of carbonyl (C=O) groups is 1. The normalized spacial score (nSPS) is 9.55. The van der Waals surface area contributed by atoms with Gasteiger partial charge in [0, 0.05) is 6.92 Å². The third kappa shape index (κ3) is 1.64. The van der Waals surface area contributed by atoms with Gasteiger partial charge in [-0.05, 0) is 0 Å². The van der Waals surface area contributed by atoms with Crippen molar-refractivity contribution >= 4 is 5.78 Å². The Bertz CT molecular complexity index is 342. The number of nitrogens with one attached hydrogen (secondary N) is 1. The van der Waals surface area contributed by atoms with E-state index < -0.39 is 17.2 Å². The first kappa shape index (κ1) is 7.46. The molecule has 0 saturated carbocycles. The minimum absolute atomic E-state index is 0.130. The second-order valence-corrected chi connectivity index (χ2v) is 2.01. The maximum absolute atomic E-state index is 10.6. The van der Waals surface area contributed by atoms with E-state index in [9.17, 15) is 9.59 Å². The van der Waals surface area contributed by atoms with Crippen molar-refractivity contribution in [3.63, 3.8) is 0 Å². The van der Waals surface area contributed by atoms with Crippen LogP contribution in [-0.4, -0.2) is 20.9 Å². The molecule has 11 heavy (non-hydrogen) atoms. The van der Waals surface area contributed by atoms with Gasteiger partial charge in [-0.3, -0.25) is 9.59 Å². The fraction of sp³-hybridized carbons (Fsp3) is 0.167. The topological polar surface area (TPSA) is 83.0 Å². The number of rotatable bonds is 1. The standard InChI is InChI=1S/C6H6N2O3/c1-3(9)6-7-4(10)2-5(11)8-6/h2H,1H3,(H2,7,8,10,11). The smallest absolute Gasteiger partial charge is 0.255 e. The molecule has 5 nitrogen and oxygen atoms in total. The van der Waals surface area contributed by atoms with Crippen molar-refractivity contribution in [3.8, 4) is 5.88 Å². The largest absolute Gasteiger partial charge is 0.493 e. The van der Waals surface area contributed by atoms with Crippen molar-refractivity contribution in [1.82, 2.24) is 9.97 Å². The molecule has 0 bridgehead atoms. The van der Waals surface area contributed by atoms with Crippen LogP contribution in [0, 0.1) is 0 Å². The maximum atomic E-state index is 10.6. The first-order chi connectivity index (χ1) is 5.09. The summed E-state index contributed by atoms with van der Waals surface area (Å²) in [5.74, 6) is -0.966. The number of Topliss-reactive ketones (excluding diaryl/α,β-unsaturated/α-hetero) is 1. The van der Waals surface area contributed by atoms with Gasteiger partial charge < -0.3 is 10.1 Å². The number of aromatic amines is 1. The number of carbonyl (C=O) groups excluding carboxylic acids is 1. The van der Waals surface area contributed by atoms with Gasteiger partial charge in [-0.2, -0.15) is 4.98 Å². The fourth-order valence-electron chi connectivity index (χ4n) is 0.612. The van der Waals surface area contributed by atoms with Crippen molar-refractivity contribution in [3.05, 3.63) is 22.2 Å². The van der Waals surface area contributed by atoms with Crippen LogP contribution in [-0.2, 0) is 0 Å². The van der Waals surface area contributed by atoms with E-state index in [1.165, 1.54) is 6.92 Å². The molecule has 0 fully saturated rings. The number of ketones is 1. The van der Waals surface area contributed by atoms with E-state index in [1.54, 1.807) is 0 Å². The number of H-pyrrole nitrogens is 1. The lowest BCUT2D eigenvalue weighted by Crippen LogP contribution is -2.12. The highest BCUT2D eigenvalue weighted by molar-refractivity contribution is 5.90. The lowest BCUT2D eigenvalue weighted by atomic mass is 10.4. The second-order valence-electron chi connectivity index (χ2n) is 2.01. The second kappa shape index (κ2) is 2.53. The zero-order chi connectivity index (χ0) is 8.43. The lowest BCUT2D eigenvalue weighted by Gasteiger charge is -1.93. The summed E-state index contributed by atoms with van der Waals surface area (Å²) >= 11 is 0. The summed E-state index contributed by atoms with van der Waals surface area (Å²) in [6.07, 6.45) is 0. The highest BCUT2D eigenvalue weighted by atomic mass is 16.3. The van der Waals surface area contributed by atoms with Gasteiger partial charge in [-0.25, -0.2) is 0 Å². The molecule has 1 aromatic rings. The highest BCUT2D eigenvalue weighted by Crippen LogP contribution is 1.97. The van der Waals surface area contributed by atoms with Gasteiger partial charge in [-0.15, -0.1) is 0 Å². The van der Waals surface area contributed by atoms with Crippen LogP contribution in [0.5, 0.6) is 5.88 Å². The Labute approximate surface area is 61.7 Å². The molecule has 1 rings (SSSR count). The Morgan fingerprint density at radius 2 is 2.36 bits per heavy atom. The van der Waals surface area contributed by atoms with E-state index >= 15 is 0 Å². The number of hydrogen-bond donors (Lipinski definition) is 2. The first-order valence-corrected chi connectivity index (χ1v) is 2.91. The summed E-state index contributed by atoms with van der Waals surface area (Å²) in [5, 5.41) is 8.76. The van der Waals surface area contributed by atoms with E-state index in [0.717, 1.165) is 6.07 Å². The van der Waals surface area contributed by atoms with Crippen LogP contribution >= 0.6 is 0 Å². The molecule has 5 heteroatoms. The zero-order valence-electron chi connectivity index (χ0n) is 5.79. The summed E-state index contributed by atoms with van der Waals surface area (Å²) in [5.41, 5.74) is -0.539. The van der Waals surface area contributed by atoms with Crippen molar-refractivity contribution < 1.29 is 9.90 Å². The Kier molecular flexibility index (Phi) is 1.72. The van der Waals surface area contributed by atoms with E-state index in [2.05, 4.69) is 9.97 Å².